The molecular formula is C23H24ClN5O4S. The maximum atomic E-state index is 13.9. The summed E-state index contributed by atoms with van der Waals surface area (Å²) in [4.78, 5) is 32.6. The van der Waals surface area contributed by atoms with Gasteiger partial charge in [-0.1, -0.05) is 23.7 Å². The smallest absolute Gasteiger partial charge is 0.265 e. The van der Waals surface area contributed by atoms with Gasteiger partial charge in [-0.15, -0.1) is 0 Å². The van der Waals surface area contributed by atoms with Crippen molar-refractivity contribution in [3.63, 3.8) is 0 Å². The van der Waals surface area contributed by atoms with E-state index in [0.717, 1.165) is 10.00 Å². The number of halogens is 1. The van der Waals surface area contributed by atoms with Crippen LogP contribution in [0.3, 0.4) is 0 Å². The molecule has 9 nitrogen and oxygen atoms in total. The summed E-state index contributed by atoms with van der Waals surface area (Å²) in [7, 11) is -4.21. The molecule has 1 atom stereocenters. The van der Waals surface area contributed by atoms with Crippen molar-refractivity contribution in [3.05, 3.63) is 70.8 Å². The fourth-order valence-electron chi connectivity index (χ4n) is 3.88. The van der Waals surface area contributed by atoms with Gasteiger partial charge >= 0.3 is 0 Å². The molecule has 2 heterocycles. The molecular weight excluding hydrogens is 478 g/mol. The number of fused-ring (bicyclic) bond motifs is 1. The number of imidazole rings is 1. The van der Waals surface area contributed by atoms with Gasteiger partial charge in [0.1, 0.15) is 6.04 Å². The van der Waals surface area contributed by atoms with E-state index in [0.29, 0.717) is 40.5 Å². The Bertz CT molecular complexity index is 1340. The SMILES string of the molecule is Cc1cc(S(=O)(=O)N2c3ccccc3NC(=O)C2CC(=O)NCCc2cnc[nH]2)c(C)cc1Cl. The van der Waals surface area contributed by atoms with Gasteiger partial charge in [0.2, 0.25) is 11.8 Å². The van der Waals surface area contributed by atoms with Crippen molar-refractivity contribution in [2.24, 2.45) is 0 Å². The van der Waals surface area contributed by atoms with Crippen molar-refractivity contribution >= 4 is 44.8 Å². The Morgan fingerprint density at radius 2 is 1.97 bits per heavy atom. The van der Waals surface area contributed by atoms with Crippen LogP contribution in [0.15, 0.2) is 53.8 Å². The number of benzene rings is 2. The number of carbonyl (C=O) groups is 2. The first kappa shape index (κ1) is 23.8. The number of H-pyrrole nitrogens is 1. The van der Waals surface area contributed by atoms with Crippen LogP contribution in [-0.2, 0) is 26.0 Å². The Hall–Kier alpha value is -3.37. The molecule has 0 bridgehead atoms. The van der Waals surface area contributed by atoms with Gasteiger partial charge in [0.25, 0.3) is 10.0 Å². The Labute approximate surface area is 202 Å². The molecule has 0 fully saturated rings. The first-order chi connectivity index (χ1) is 16.2. The predicted molar refractivity (Wildman–Crippen MR) is 129 cm³/mol. The number of amides is 2. The Kier molecular flexibility index (Phi) is 6.63. The second-order valence-electron chi connectivity index (χ2n) is 8.07. The van der Waals surface area contributed by atoms with Gasteiger partial charge in [0.15, 0.2) is 0 Å². The second-order valence-corrected chi connectivity index (χ2v) is 10.3. The summed E-state index contributed by atoms with van der Waals surface area (Å²) < 4.78 is 28.8. The summed E-state index contributed by atoms with van der Waals surface area (Å²) in [5.41, 5.74) is 2.54. The number of hydrogen-bond donors (Lipinski definition) is 3. The van der Waals surface area contributed by atoms with Crippen molar-refractivity contribution in [1.29, 1.82) is 0 Å². The van der Waals surface area contributed by atoms with Gasteiger partial charge in [0, 0.05) is 29.9 Å². The largest absolute Gasteiger partial charge is 0.356 e. The molecule has 0 saturated heterocycles. The van der Waals surface area contributed by atoms with Crippen molar-refractivity contribution in [3.8, 4) is 0 Å². The number of aromatic amines is 1. The van der Waals surface area contributed by atoms with Gasteiger partial charge in [-0.2, -0.15) is 0 Å². The van der Waals surface area contributed by atoms with Crippen LogP contribution in [0.4, 0.5) is 11.4 Å². The summed E-state index contributed by atoms with van der Waals surface area (Å²) >= 11 is 6.18. The maximum Gasteiger partial charge on any atom is 0.265 e. The molecule has 0 saturated carbocycles. The lowest BCUT2D eigenvalue weighted by Gasteiger charge is -2.37. The number of sulfonamides is 1. The average Bonchev–Trinajstić information content (AvgIpc) is 3.30. The monoisotopic (exact) mass is 501 g/mol. The number of hydrogen-bond acceptors (Lipinski definition) is 5. The number of aryl methyl sites for hydroxylation is 2. The van der Waals surface area contributed by atoms with E-state index < -0.39 is 27.9 Å². The molecule has 1 aromatic heterocycles. The molecule has 3 aromatic rings. The normalized spacial score (nSPS) is 15.6. The highest BCUT2D eigenvalue weighted by Gasteiger charge is 2.42. The Morgan fingerprint density at radius 3 is 2.71 bits per heavy atom. The number of para-hydroxylation sites is 2. The summed E-state index contributed by atoms with van der Waals surface area (Å²) in [6.07, 6.45) is 3.39. The molecule has 0 aliphatic carbocycles. The van der Waals surface area contributed by atoms with Crippen molar-refractivity contribution < 1.29 is 18.0 Å². The number of carbonyl (C=O) groups excluding carboxylic acids is 2. The highest BCUT2D eigenvalue weighted by Crippen LogP contribution is 2.38. The number of nitrogens with one attached hydrogen (secondary N) is 3. The number of anilines is 2. The molecule has 1 unspecified atom stereocenters. The van der Waals surface area contributed by atoms with Crippen LogP contribution in [0.1, 0.15) is 23.2 Å². The van der Waals surface area contributed by atoms with E-state index in [-0.39, 0.29) is 11.3 Å². The van der Waals surface area contributed by atoms with Crippen LogP contribution >= 0.6 is 11.6 Å². The summed E-state index contributed by atoms with van der Waals surface area (Å²) in [5.74, 6) is -1.02. The highest BCUT2D eigenvalue weighted by molar-refractivity contribution is 7.93. The summed E-state index contributed by atoms with van der Waals surface area (Å²) in [5, 5.41) is 5.92. The quantitative estimate of drug-likeness (QED) is 0.459. The fourth-order valence-corrected chi connectivity index (χ4v) is 6.02. The molecule has 0 radical (unpaired) electrons. The third-order valence-electron chi connectivity index (χ3n) is 5.63. The molecule has 0 spiro atoms. The molecule has 3 N–H and O–H groups in total. The van der Waals surface area contributed by atoms with Crippen molar-refractivity contribution in [2.45, 2.75) is 37.6 Å². The highest BCUT2D eigenvalue weighted by atomic mass is 35.5. The first-order valence-corrected chi connectivity index (χ1v) is 12.5. The number of aromatic nitrogens is 2. The van der Waals surface area contributed by atoms with Crippen LogP contribution in [0.25, 0.3) is 0 Å². The van der Waals surface area contributed by atoms with Crippen LogP contribution < -0.4 is 14.9 Å². The van der Waals surface area contributed by atoms with Crippen LogP contribution in [0.2, 0.25) is 5.02 Å². The lowest BCUT2D eigenvalue weighted by atomic mass is 10.1. The fraction of sp³-hybridized carbons (Fsp3) is 0.261. The van der Waals surface area contributed by atoms with E-state index in [4.69, 9.17) is 11.6 Å². The van der Waals surface area contributed by atoms with Gasteiger partial charge in [0.05, 0.1) is 29.0 Å². The lowest BCUT2D eigenvalue weighted by molar-refractivity contribution is -0.125. The molecule has 34 heavy (non-hydrogen) atoms. The van der Waals surface area contributed by atoms with E-state index in [9.17, 15) is 18.0 Å². The van der Waals surface area contributed by atoms with Gasteiger partial charge in [-0.05, 0) is 49.2 Å². The molecule has 1 aliphatic heterocycles. The van der Waals surface area contributed by atoms with Crippen LogP contribution in [-0.4, -0.2) is 42.8 Å². The van der Waals surface area contributed by atoms with Gasteiger partial charge in [-0.3, -0.25) is 13.9 Å². The van der Waals surface area contributed by atoms with Gasteiger partial charge < -0.3 is 15.6 Å². The number of nitrogens with zero attached hydrogens (tertiary/aromatic N) is 2. The minimum atomic E-state index is -4.21. The summed E-state index contributed by atoms with van der Waals surface area (Å²) in [6.45, 7) is 3.67. The van der Waals surface area contributed by atoms with E-state index in [1.165, 1.54) is 6.07 Å². The van der Waals surface area contributed by atoms with Crippen LogP contribution in [0.5, 0.6) is 0 Å². The second kappa shape index (κ2) is 9.47. The molecule has 178 valence electrons. The predicted octanol–water partition coefficient (Wildman–Crippen LogP) is 2.94. The van der Waals surface area contributed by atoms with Crippen LogP contribution in [0, 0.1) is 13.8 Å². The van der Waals surface area contributed by atoms with Gasteiger partial charge in [-0.25, -0.2) is 13.4 Å². The number of rotatable bonds is 7. The molecule has 2 amide bonds. The van der Waals surface area contributed by atoms with E-state index >= 15 is 0 Å². The molecule has 4 rings (SSSR count). The van der Waals surface area contributed by atoms with Crippen molar-refractivity contribution in [2.75, 3.05) is 16.2 Å². The minimum absolute atomic E-state index is 0.0311. The van der Waals surface area contributed by atoms with E-state index in [1.54, 1.807) is 56.7 Å². The lowest BCUT2D eigenvalue weighted by Crippen LogP contribution is -2.53. The maximum absolute atomic E-state index is 13.9. The van der Waals surface area contributed by atoms with E-state index in [1.807, 2.05) is 0 Å². The van der Waals surface area contributed by atoms with Crippen molar-refractivity contribution in [1.82, 2.24) is 15.3 Å². The zero-order chi connectivity index (χ0) is 24.5. The average molecular weight is 502 g/mol. The zero-order valence-corrected chi connectivity index (χ0v) is 20.2. The van der Waals surface area contributed by atoms with E-state index in [2.05, 4.69) is 20.6 Å². The Morgan fingerprint density at radius 1 is 1.21 bits per heavy atom. The Balaban J connectivity index is 1.67. The minimum Gasteiger partial charge on any atom is -0.356 e. The molecule has 11 heteroatoms. The topological polar surface area (TPSA) is 124 Å². The standard InChI is InChI=1S/C23H24ClN5O4S/c1-14-10-21(15(2)9-17(14)24)34(32,33)29-19-6-4-3-5-18(19)28-23(31)20(29)11-22(30)26-8-7-16-12-25-13-27-16/h3-6,9-10,12-13,20H,7-8,11H2,1-2H3,(H,25,27)(H,26,30)(H,28,31). The molecule has 2 aromatic carbocycles. The third-order valence-corrected chi connectivity index (χ3v) is 8.00. The first-order valence-electron chi connectivity index (χ1n) is 10.6. The third kappa shape index (κ3) is 4.64. The zero-order valence-electron chi connectivity index (χ0n) is 18.6. The molecule has 1 aliphatic rings. The summed E-state index contributed by atoms with van der Waals surface area (Å²) in [6, 6.07) is 8.41.